The van der Waals surface area contributed by atoms with Crippen molar-refractivity contribution in [2.45, 2.75) is 32.6 Å². The number of esters is 4. The molecule has 10 nitrogen and oxygen atoms in total. The minimum Gasteiger partial charge on any atom is -0.493 e. The lowest BCUT2D eigenvalue weighted by molar-refractivity contribution is -0.138. The van der Waals surface area contributed by atoms with Gasteiger partial charge in [0.15, 0.2) is 0 Å². The molecule has 0 N–H and O–H groups in total. The molecule has 10 heteroatoms. The number of ether oxygens (including phenoxy) is 6. The van der Waals surface area contributed by atoms with Gasteiger partial charge in [0.2, 0.25) is 0 Å². The normalized spacial score (nSPS) is 13.7. The fraction of sp³-hybridized carbons (Fsp3) is 0.243. The zero-order valence-electron chi connectivity index (χ0n) is 26.3. The lowest BCUT2D eigenvalue weighted by atomic mass is 9.89. The second-order valence-electron chi connectivity index (χ2n) is 10.5. The van der Waals surface area contributed by atoms with Gasteiger partial charge in [0.05, 0.1) is 37.6 Å². The van der Waals surface area contributed by atoms with E-state index in [1.807, 2.05) is 26.0 Å². The molecule has 4 rings (SSSR count). The first-order valence-corrected chi connectivity index (χ1v) is 15.0. The lowest BCUT2D eigenvalue weighted by Crippen LogP contribution is -2.11. The maximum absolute atomic E-state index is 13.3. The summed E-state index contributed by atoms with van der Waals surface area (Å²) in [7, 11) is 0. The van der Waals surface area contributed by atoms with E-state index in [4.69, 9.17) is 28.4 Å². The van der Waals surface area contributed by atoms with Crippen molar-refractivity contribution in [1.82, 2.24) is 0 Å². The van der Waals surface area contributed by atoms with Crippen molar-refractivity contribution in [2.24, 2.45) is 0 Å². The first-order valence-electron chi connectivity index (χ1n) is 15.0. The third-order valence-electron chi connectivity index (χ3n) is 7.27. The number of hydrogen-bond donors (Lipinski definition) is 0. The van der Waals surface area contributed by atoms with Crippen LogP contribution in [0.2, 0.25) is 0 Å². The third-order valence-corrected chi connectivity index (χ3v) is 7.27. The molecule has 0 radical (unpaired) electrons. The Morgan fingerprint density at radius 2 is 1.30 bits per heavy atom. The third kappa shape index (κ3) is 9.43. The van der Waals surface area contributed by atoms with Gasteiger partial charge in [0, 0.05) is 36.5 Å². The molecule has 1 atom stereocenters. The molecule has 0 aromatic heterocycles. The SMILES string of the molecule is C=CC(=O)OCCCOc1ccc(C(=O)Oc2ccc3c(c2)C(=O)OC(c2ccc(OCCCOC(=O)C=C)cc2)=C(C)C3C)cc1. The first-order chi connectivity index (χ1) is 22.7. The Hall–Kier alpha value is -5.64. The van der Waals surface area contributed by atoms with E-state index in [0.717, 1.165) is 23.3 Å². The van der Waals surface area contributed by atoms with Crippen LogP contribution in [0.5, 0.6) is 17.2 Å². The summed E-state index contributed by atoms with van der Waals surface area (Å²) in [4.78, 5) is 48.4. The number of hydrogen-bond acceptors (Lipinski definition) is 10. The lowest BCUT2D eigenvalue weighted by Gasteiger charge is -2.15. The van der Waals surface area contributed by atoms with Crippen LogP contribution >= 0.6 is 0 Å². The van der Waals surface area contributed by atoms with Crippen molar-refractivity contribution in [3.63, 3.8) is 0 Å². The molecule has 1 unspecified atom stereocenters. The molecule has 0 saturated carbocycles. The molecule has 0 amide bonds. The van der Waals surface area contributed by atoms with E-state index in [1.165, 1.54) is 6.07 Å². The molecule has 0 bridgehead atoms. The Labute approximate surface area is 273 Å². The molecule has 1 aliphatic rings. The summed E-state index contributed by atoms with van der Waals surface area (Å²) in [5, 5.41) is 0. The van der Waals surface area contributed by atoms with Crippen LogP contribution in [0.15, 0.2) is 97.6 Å². The summed E-state index contributed by atoms with van der Waals surface area (Å²) >= 11 is 0. The Kier molecular flexibility index (Phi) is 12.1. The molecule has 0 aliphatic carbocycles. The zero-order valence-corrected chi connectivity index (χ0v) is 26.3. The average Bonchev–Trinajstić information content (AvgIpc) is 3.18. The van der Waals surface area contributed by atoms with Crippen molar-refractivity contribution >= 4 is 29.6 Å². The van der Waals surface area contributed by atoms with Crippen LogP contribution in [-0.2, 0) is 23.8 Å². The van der Waals surface area contributed by atoms with E-state index in [0.29, 0.717) is 60.0 Å². The highest BCUT2D eigenvalue weighted by atomic mass is 16.5. The molecule has 1 aliphatic heterocycles. The molecule has 244 valence electrons. The maximum atomic E-state index is 13.3. The van der Waals surface area contributed by atoms with Gasteiger partial charge < -0.3 is 28.4 Å². The predicted octanol–water partition coefficient (Wildman–Crippen LogP) is 6.61. The largest absolute Gasteiger partial charge is 0.493 e. The molecule has 3 aromatic carbocycles. The Balaban J connectivity index is 1.35. The Bertz CT molecular complexity index is 1650. The molecule has 1 heterocycles. The number of cyclic esters (lactones) is 1. The van der Waals surface area contributed by atoms with Crippen LogP contribution in [0.1, 0.15) is 64.4 Å². The van der Waals surface area contributed by atoms with Gasteiger partial charge in [-0.05, 0) is 78.7 Å². The predicted molar refractivity (Wildman–Crippen MR) is 173 cm³/mol. The van der Waals surface area contributed by atoms with Gasteiger partial charge in [-0.1, -0.05) is 26.1 Å². The van der Waals surface area contributed by atoms with Gasteiger partial charge in [-0.25, -0.2) is 19.2 Å². The molecule has 47 heavy (non-hydrogen) atoms. The highest BCUT2D eigenvalue weighted by Crippen LogP contribution is 2.38. The van der Waals surface area contributed by atoms with Gasteiger partial charge in [-0.2, -0.15) is 0 Å². The summed E-state index contributed by atoms with van der Waals surface area (Å²) in [6, 6.07) is 18.5. The molecular weight excluding hydrogens is 604 g/mol. The van der Waals surface area contributed by atoms with Crippen molar-refractivity contribution in [2.75, 3.05) is 26.4 Å². The molecule has 0 saturated heterocycles. The summed E-state index contributed by atoms with van der Waals surface area (Å²) < 4.78 is 32.6. The van der Waals surface area contributed by atoms with Crippen molar-refractivity contribution < 1.29 is 47.6 Å². The maximum Gasteiger partial charge on any atom is 0.343 e. The highest BCUT2D eigenvalue weighted by molar-refractivity contribution is 5.97. The van der Waals surface area contributed by atoms with Gasteiger partial charge in [-0.15, -0.1) is 0 Å². The minimum atomic E-state index is -0.599. The first kappa shape index (κ1) is 34.2. The monoisotopic (exact) mass is 640 g/mol. The zero-order chi connectivity index (χ0) is 33.8. The second-order valence-corrected chi connectivity index (χ2v) is 10.5. The van der Waals surface area contributed by atoms with Crippen LogP contribution in [-0.4, -0.2) is 50.3 Å². The minimum absolute atomic E-state index is 0.160. The number of fused-ring (bicyclic) bond motifs is 1. The smallest absolute Gasteiger partial charge is 0.343 e. The molecule has 0 spiro atoms. The Morgan fingerprint density at radius 3 is 1.85 bits per heavy atom. The highest BCUT2D eigenvalue weighted by Gasteiger charge is 2.28. The summed E-state index contributed by atoms with van der Waals surface area (Å²) in [6.07, 6.45) is 3.24. The van der Waals surface area contributed by atoms with Crippen molar-refractivity contribution in [3.05, 3.63) is 120 Å². The average molecular weight is 641 g/mol. The van der Waals surface area contributed by atoms with Crippen molar-refractivity contribution in [3.8, 4) is 17.2 Å². The topological polar surface area (TPSA) is 124 Å². The van der Waals surface area contributed by atoms with E-state index in [1.54, 1.807) is 48.5 Å². The van der Waals surface area contributed by atoms with Gasteiger partial charge in [0.1, 0.15) is 23.0 Å². The fourth-order valence-electron chi connectivity index (χ4n) is 4.61. The Morgan fingerprint density at radius 1 is 0.766 bits per heavy atom. The van der Waals surface area contributed by atoms with Crippen LogP contribution in [0, 0.1) is 0 Å². The fourth-order valence-corrected chi connectivity index (χ4v) is 4.61. The summed E-state index contributed by atoms with van der Waals surface area (Å²) in [5.41, 5.74) is 2.92. The number of allylic oxidation sites excluding steroid dienone is 1. The molecule has 3 aromatic rings. The van der Waals surface area contributed by atoms with E-state index in [2.05, 4.69) is 13.2 Å². The number of carbonyl (C=O) groups is 4. The van der Waals surface area contributed by atoms with E-state index >= 15 is 0 Å². The summed E-state index contributed by atoms with van der Waals surface area (Å²) in [5.74, 6) is -0.471. The molecular formula is C37H36O10. The van der Waals surface area contributed by atoms with E-state index < -0.39 is 23.9 Å². The number of benzene rings is 3. The standard InChI is InChI=1S/C37H36O10/c1-5-33(38)44-21-7-19-42-28-13-9-26(10-14-28)35-25(4)24(3)31-18-17-30(23-32(31)37(41)47-35)46-36(40)27-11-15-29(16-12-27)43-20-8-22-45-34(39)6-2/h5-6,9-18,23-24H,1-2,7-8,19-22H2,3-4H3. The number of carbonyl (C=O) groups excluding carboxylic acids is 4. The van der Waals surface area contributed by atoms with E-state index in [9.17, 15) is 19.2 Å². The van der Waals surface area contributed by atoms with Crippen LogP contribution in [0.25, 0.3) is 5.76 Å². The molecule has 0 fully saturated rings. The van der Waals surface area contributed by atoms with Crippen LogP contribution in [0.3, 0.4) is 0 Å². The van der Waals surface area contributed by atoms with E-state index in [-0.39, 0.29) is 24.9 Å². The van der Waals surface area contributed by atoms with Crippen molar-refractivity contribution in [1.29, 1.82) is 0 Å². The van der Waals surface area contributed by atoms with Crippen LogP contribution in [0.4, 0.5) is 0 Å². The quantitative estimate of drug-likeness (QED) is 0.0590. The summed E-state index contributed by atoms with van der Waals surface area (Å²) in [6.45, 7) is 11.7. The van der Waals surface area contributed by atoms with Crippen LogP contribution < -0.4 is 14.2 Å². The number of rotatable bonds is 15. The van der Waals surface area contributed by atoms with Gasteiger partial charge in [0.25, 0.3) is 0 Å². The van der Waals surface area contributed by atoms with Gasteiger partial charge in [-0.3, -0.25) is 0 Å². The van der Waals surface area contributed by atoms with Gasteiger partial charge >= 0.3 is 23.9 Å². The second kappa shape index (κ2) is 16.6.